The fourth-order valence-electron chi connectivity index (χ4n) is 1.57. The molecule has 5 nitrogen and oxygen atoms in total. The molecule has 0 aliphatic heterocycles. The number of carbonyl (C=O) groups excluding carboxylic acids is 1. The van der Waals surface area contributed by atoms with E-state index >= 15 is 0 Å². The molecule has 0 radical (unpaired) electrons. The fraction of sp³-hybridized carbons (Fsp3) is 0.154. The van der Waals surface area contributed by atoms with Crippen molar-refractivity contribution in [3.8, 4) is 11.3 Å². The SMILES string of the molecule is CCOC(=O)c1cc(-c2ccc(F)c(Cl)c2)n[nH]c1=O. The molecule has 2 aromatic rings. The Morgan fingerprint density at radius 3 is 2.85 bits per heavy atom. The minimum atomic E-state index is -0.745. The second kappa shape index (κ2) is 5.83. The van der Waals surface area contributed by atoms with Gasteiger partial charge in [-0.2, -0.15) is 5.10 Å². The molecule has 0 saturated heterocycles. The number of nitrogens with one attached hydrogen (secondary N) is 1. The highest BCUT2D eigenvalue weighted by Crippen LogP contribution is 2.23. The Hall–Kier alpha value is -2.21. The van der Waals surface area contributed by atoms with E-state index in [1.54, 1.807) is 6.92 Å². The molecule has 104 valence electrons. The van der Waals surface area contributed by atoms with Gasteiger partial charge in [0.15, 0.2) is 0 Å². The third-order valence-electron chi connectivity index (χ3n) is 2.51. The van der Waals surface area contributed by atoms with Crippen molar-refractivity contribution in [1.29, 1.82) is 0 Å². The first kappa shape index (κ1) is 14.2. The maximum Gasteiger partial charge on any atom is 0.343 e. The summed E-state index contributed by atoms with van der Waals surface area (Å²) < 4.78 is 17.9. The number of rotatable bonds is 3. The second-order valence-corrected chi connectivity index (χ2v) is 4.25. The van der Waals surface area contributed by atoms with Crippen LogP contribution in [0, 0.1) is 5.82 Å². The summed E-state index contributed by atoms with van der Waals surface area (Å²) in [7, 11) is 0. The van der Waals surface area contributed by atoms with Gasteiger partial charge in [-0.25, -0.2) is 14.3 Å². The van der Waals surface area contributed by atoms with Crippen molar-refractivity contribution in [2.24, 2.45) is 0 Å². The molecule has 20 heavy (non-hydrogen) atoms. The molecule has 1 aromatic heterocycles. The Morgan fingerprint density at radius 1 is 1.45 bits per heavy atom. The maximum absolute atomic E-state index is 13.1. The summed E-state index contributed by atoms with van der Waals surface area (Å²) in [5.74, 6) is -1.31. The molecule has 0 fully saturated rings. The van der Waals surface area contributed by atoms with Crippen molar-refractivity contribution in [3.63, 3.8) is 0 Å². The predicted octanol–water partition coefficient (Wildman–Crippen LogP) is 2.41. The van der Waals surface area contributed by atoms with Crippen molar-refractivity contribution in [2.75, 3.05) is 6.61 Å². The van der Waals surface area contributed by atoms with E-state index < -0.39 is 17.3 Å². The molecule has 0 bridgehead atoms. The third kappa shape index (κ3) is 2.85. The van der Waals surface area contributed by atoms with E-state index in [1.165, 1.54) is 24.3 Å². The Bertz CT molecular complexity index is 715. The first-order valence-electron chi connectivity index (χ1n) is 5.75. The molecule has 0 unspecified atom stereocenters. The molecule has 1 aromatic carbocycles. The Labute approximate surface area is 118 Å². The Balaban J connectivity index is 2.48. The summed E-state index contributed by atoms with van der Waals surface area (Å²) in [6.07, 6.45) is 0. The van der Waals surface area contributed by atoms with Gasteiger partial charge in [-0.15, -0.1) is 0 Å². The lowest BCUT2D eigenvalue weighted by atomic mass is 10.1. The zero-order valence-electron chi connectivity index (χ0n) is 10.4. The van der Waals surface area contributed by atoms with Crippen LogP contribution in [-0.4, -0.2) is 22.8 Å². The zero-order valence-corrected chi connectivity index (χ0v) is 11.2. The van der Waals surface area contributed by atoms with Crippen LogP contribution < -0.4 is 5.56 Å². The molecule has 0 aliphatic rings. The normalized spacial score (nSPS) is 10.3. The Kier molecular flexibility index (Phi) is 4.14. The van der Waals surface area contributed by atoms with Gasteiger partial charge in [0, 0.05) is 5.56 Å². The van der Waals surface area contributed by atoms with Crippen molar-refractivity contribution in [1.82, 2.24) is 10.2 Å². The molecular weight excluding hydrogens is 287 g/mol. The monoisotopic (exact) mass is 296 g/mol. The number of halogens is 2. The molecule has 2 rings (SSSR count). The van der Waals surface area contributed by atoms with Crippen molar-refractivity contribution >= 4 is 17.6 Å². The van der Waals surface area contributed by atoms with Crippen LogP contribution in [0.2, 0.25) is 5.02 Å². The summed E-state index contributed by atoms with van der Waals surface area (Å²) >= 11 is 5.68. The van der Waals surface area contributed by atoms with Gasteiger partial charge in [-0.3, -0.25) is 4.79 Å². The van der Waals surface area contributed by atoms with Gasteiger partial charge in [-0.05, 0) is 31.2 Å². The van der Waals surface area contributed by atoms with E-state index in [0.717, 1.165) is 0 Å². The van der Waals surface area contributed by atoms with Crippen molar-refractivity contribution in [2.45, 2.75) is 6.92 Å². The highest BCUT2D eigenvalue weighted by molar-refractivity contribution is 6.31. The van der Waals surface area contributed by atoms with Gasteiger partial charge in [0.25, 0.3) is 5.56 Å². The molecule has 0 amide bonds. The lowest BCUT2D eigenvalue weighted by molar-refractivity contribution is 0.0524. The van der Waals surface area contributed by atoms with Crippen LogP contribution in [-0.2, 0) is 4.74 Å². The largest absolute Gasteiger partial charge is 0.462 e. The number of nitrogens with zero attached hydrogens (tertiary/aromatic N) is 1. The molecule has 0 spiro atoms. The second-order valence-electron chi connectivity index (χ2n) is 3.85. The van der Waals surface area contributed by atoms with E-state index in [2.05, 4.69) is 10.2 Å². The van der Waals surface area contributed by atoms with Crippen LogP contribution in [0.5, 0.6) is 0 Å². The number of benzene rings is 1. The van der Waals surface area contributed by atoms with Gasteiger partial charge in [0.05, 0.1) is 17.3 Å². The number of carbonyl (C=O) groups is 1. The average Bonchev–Trinajstić information content (AvgIpc) is 2.42. The number of aromatic nitrogens is 2. The lowest BCUT2D eigenvalue weighted by Gasteiger charge is -2.04. The number of hydrogen-bond acceptors (Lipinski definition) is 4. The van der Waals surface area contributed by atoms with Crippen LogP contribution in [0.3, 0.4) is 0 Å². The number of ether oxygens (including phenoxy) is 1. The van der Waals surface area contributed by atoms with Gasteiger partial charge in [0.1, 0.15) is 11.4 Å². The highest BCUT2D eigenvalue weighted by Gasteiger charge is 2.14. The molecule has 1 N–H and O–H groups in total. The average molecular weight is 297 g/mol. The molecule has 0 saturated carbocycles. The molecular formula is C13H10ClFN2O3. The van der Waals surface area contributed by atoms with E-state index in [4.69, 9.17) is 16.3 Å². The van der Waals surface area contributed by atoms with E-state index in [-0.39, 0.29) is 22.9 Å². The first-order chi connectivity index (χ1) is 9.52. The molecule has 1 heterocycles. The van der Waals surface area contributed by atoms with E-state index in [1.807, 2.05) is 0 Å². The summed E-state index contributed by atoms with van der Waals surface area (Å²) in [6, 6.07) is 5.25. The smallest absolute Gasteiger partial charge is 0.343 e. The minimum absolute atomic E-state index is 0.0758. The van der Waals surface area contributed by atoms with E-state index in [0.29, 0.717) is 5.56 Å². The van der Waals surface area contributed by atoms with Crippen molar-refractivity contribution in [3.05, 3.63) is 51.0 Å². The first-order valence-corrected chi connectivity index (χ1v) is 6.13. The van der Waals surface area contributed by atoms with Crippen LogP contribution in [0.1, 0.15) is 17.3 Å². The van der Waals surface area contributed by atoms with Gasteiger partial charge < -0.3 is 4.74 Å². The van der Waals surface area contributed by atoms with E-state index in [9.17, 15) is 14.0 Å². The summed E-state index contributed by atoms with van der Waals surface area (Å²) in [6.45, 7) is 1.78. The minimum Gasteiger partial charge on any atom is -0.462 e. The molecule has 0 aliphatic carbocycles. The number of H-pyrrole nitrogens is 1. The Morgan fingerprint density at radius 2 is 2.20 bits per heavy atom. The highest BCUT2D eigenvalue weighted by atomic mass is 35.5. The topological polar surface area (TPSA) is 72.0 Å². The number of hydrogen-bond donors (Lipinski definition) is 1. The summed E-state index contributed by atoms with van der Waals surface area (Å²) in [5.41, 5.74) is -0.0644. The number of esters is 1. The van der Waals surface area contributed by atoms with Crippen LogP contribution in [0.25, 0.3) is 11.3 Å². The quantitative estimate of drug-likeness (QED) is 0.883. The van der Waals surface area contributed by atoms with Gasteiger partial charge in [-0.1, -0.05) is 11.6 Å². The maximum atomic E-state index is 13.1. The lowest BCUT2D eigenvalue weighted by Crippen LogP contribution is -2.21. The number of aromatic amines is 1. The third-order valence-corrected chi connectivity index (χ3v) is 2.80. The standard InChI is InChI=1S/C13H10ClFN2O3/c1-2-20-13(19)8-6-11(16-17-12(8)18)7-3-4-10(15)9(14)5-7/h3-6H,2H2,1H3,(H,17,18). The summed E-state index contributed by atoms with van der Waals surface area (Å²) in [4.78, 5) is 23.1. The summed E-state index contributed by atoms with van der Waals surface area (Å²) in [5, 5.41) is 5.92. The predicted molar refractivity (Wildman–Crippen MR) is 71.2 cm³/mol. The van der Waals surface area contributed by atoms with Crippen molar-refractivity contribution < 1.29 is 13.9 Å². The molecule has 0 atom stereocenters. The zero-order chi connectivity index (χ0) is 14.7. The van der Waals surface area contributed by atoms with Gasteiger partial charge in [0.2, 0.25) is 0 Å². The molecule has 7 heteroatoms. The van der Waals surface area contributed by atoms with Crippen LogP contribution in [0.4, 0.5) is 4.39 Å². The van der Waals surface area contributed by atoms with Gasteiger partial charge >= 0.3 is 5.97 Å². The van der Waals surface area contributed by atoms with Crippen LogP contribution in [0.15, 0.2) is 29.1 Å². The van der Waals surface area contributed by atoms with Crippen LogP contribution >= 0.6 is 11.6 Å². The fourth-order valence-corrected chi connectivity index (χ4v) is 1.75.